The Balaban J connectivity index is 1.78. The van der Waals surface area contributed by atoms with Gasteiger partial charge in [-0.3, -0.25) is 14.2 Å². The number of carbonyl (C=O) groups is 1. The molecule has 1 heterocycles. The smallest absolute Gasteiger partial charge is 0.262 e. The molecule has 0 aliphatic carbocycles. The minimum atomic E-state index is -0.0540. The summed E-state index contributed by atoms with van der Waals surface area (Å²) >= 11 is 1.32. The van der Waals surface area contributed by atoms with Crippen LogP contribution in [0.1, 0.15) is 32.3 Å². The maximum Gasteiger partial charge on any atom is 0.262 e. The second-order valence-electron chi connectivity index (χ2n) is 7.61. The highest BCUT2D eigenvalue weighted by Crippen LogP contribution is 2.28. The highest BCUT2D eigenvalue weighted by molar-refractivity contribution is 7.99. The van der Waals surface area contributed by atoms with E-state index in [0.717, 1.165) is 18.4 Å². The molecule has 0 radical (unpaired) electrons. The molecule has 0 atom stereocenters. The molecule has 0 spiro atoms. The van der Waals surface area contributed by atoms with Gasteiger partial charge in [0.25, 0.3) is 5.56 Å². The van der Waals surface area contributed by atoms with Gasteiger partial charge in [-0.2, -0.15) is 0 Å². The van der Waals surface area contributed by atoms with Crippen molar-refractivity contribution in [3.8, 4) is 11.5 Å². The number of hydrogen-bond donors (Lipinski definition) is 0. The lowest BCUT2D eigenvalue weighted by molar-refractivity contribution is -0.128. The SMILES string of the molecule is CCCCn1c(SCC(=O)N(CC)Cc2ccc(OC)c(OC)c2)nc2ccccc2c1=O. The summed E-state index contributed by atoms with van der Waals surface area (Å²) in [7, 11) is 3.19. The number of amides is 1. The molecule has 3 aromatic rings. The minimum absolute atomic E-state index is 0.0123. The summed E-state index contributed by atoms with van der Waals surface area (Å²) in [6, 6.07) is 13.0. The highest BCUT2D eigenvalue weighted by atomic mass is 32.2. The van der Waals surface area contributed by atoms with Gasteiger partial charge in [-0.05, 0) is 43.2 Å². The number of methoxy groups -OCH3 is 2. The first kappa shape index (κ1) is 24.6. The first-order valence-corrected chi connectivity index (χ1v) is 12.1. The van der Waals surface area contributed by atoms with Crippen LogP contribution in [-0.2, 0) is 17.9 Å². The Bertz CT molecular complexity index is 1160. The van der Waals surface area contributed by atoms with Crippen molar-refractivity contribution in [3.05, 3.63) is 58.4 Å². The van der Waals surface area contributed by atoms with Crippen LogP contribution in [0.4, 0.5) is 0 Å². The van der Waals surface area contributed by atoms with Crippen LogP contribution >= 0.6 is 11.8 Å². The van der Waals surface area contributed by atoms with Crippen molar-refractivity contribution in [3.63, 3.8) is 0 Å². The molecule has 0 N–H and O–H groups in total. The van der Waals surface area contributed by atoms with Crippen molar-refractivity contribution in [2.45, 2.75) is 44.9 Å². The summed E-state index contributed by atoms with van der Waals surface area (Å²) in [5.41, 5.74) is 1.56. The van der Waals surface area contributed by atoms with Gasteiger partial charge in [0.2, 0.25) is 5.91 Å². The number of thioether (sulfide) groups is 1. The number of nitrogens with zero attached hydrogens (tertiary/aromatic N) is 3. The molecule has 2 aromatic carbocycles. The van der Waals surface area contributed by atoms with Crippen molar-refractivity contribution in [2.75, 3.05) is 26.5 Å². The van der Waals surface area contributed by atoms with Crippen LogP contribution in [-0.4, -0.2) is 46.9 Å². The van der Waals surface area contributed by atoms with Gasteiger partial charge >= 0.3 is 0 Å². The molecule has 7 nitrogen and oxygen atoms in total. The van der Waals surface area contributed by atoms with Crippen LogP contribution in [0, 0.1) is 0 Å². The number of benzene rings is 2. The maximum absolute atomic E-state index is 13.0. The first-order chi connectivity index (χ1) is 16.0. The molecule has 0 aliphatic heterocycles. The van der Waals surface area contributed by atoms with E-state index in [2.05, 4.69) is 6.92 Å². The van der Waals surface area contributed by atoms with Gasteiger partial charge in [0.15, 0.2) is 16.7 Å². The van der Waals surface area contributed by atoms with Crippen LogP contribution in [0.25, 0.3) is 10.9 Å². The lowest BCUT2D eigenvalue weighted by Gasteiger charge is -2.22. The molecule has 0 saturated heterocycles. The average molecular weight is 470 g/mol. The average Bonchev–Trinajstić information content (AvgIpc) is 2.85. The third-order valence-corrected chi connectivity index (χ3v) is 6.40. The fraction of sp³-hybridized carbons (Fsp3) is 0.400. The zero-order valence-corrected chi connectivity index (χ0v) is 20.5. The van der Waals surface area contributed by atoms with Crippen molar-refractivity contribution < 1.29 is 14.3 Å². The number of carbonyl (C=O) groups excluding carboxylic acids is 1. The topological polar surface area (TPSA) is 73.7 Å². The van der Waals surface area contributed by atoms with Crippen LogP contribution < -0.4 is 15.0 Å². The van der Waals surface area contributed by atoms with Crippen molar-refractivity contribution >= 4 is 28.6 Å². The lowest BCUT2D eigenvalue weighted by Crippen LogP contribution is -2.32. The molecule has 8 heteroatoms. The largest absolute Gasteiger partial charge is 0.493 e. The summed E-state index contributed by atoms with van der Waals surface area (Å²) in [6.07, 6.45) is 1.85. The Morgan fingerprint density at radius 2 is 1.85 bits per heavy atom. The van der Waals surface area contributed by atoms with E-state index in [-0.39, 0.29) is 17.2 Å². The van der Waals surface area contributed by atoms with E-state index in [4.69, 9.17) is 14.5 Å². The van der Waals surface area contributed by atoms with Gasteiger partial charge in [-0.1, -0.05) is 43.3 Å². The molecule has 0 fully saturated rings. The van der Waals surface area contributed by atoms with Crippen molar-refractivity contribution in [1.82, 2.24) is 14.5 Å². The van der Waals surface area contributed by atoms with E-state index in [1.54, 1.807) is 29.8 Å². The molecule has 1 aromatic heterocycles. The van der Waals surface area contributed by atoms with E-state index in [9.17, 15) is 9.59 Å². The summed E-state index contributed by atoms with van der Waals surface area (Å²) in [4.78, 5) is 32.6. The molecule has 0 bridgehead atoms. The molecule has 33 heavy (non-hydrogen) atoms. The fourth-order valence-electron chi connectivity index (χ4n) is 3.56. The monoisotopic (exact) mass is 469 g/mol. The van der Waals surface area contributed by atoms with Crippen LogP contribution in [0.15, 0.2) is 52.4 Å². The fourth-order valence-corrected chi connectivity index (χ4v) is 4.49. The number of unbranched alkanes of at least 4 members (excludes halogenated alkanes) is 1. The predicted molar refractivity (Wildman–Crippen MR) is 132 cm³/mol. The number of rotatable bonds is 11. The predicted octanol–water partition coefficient (Wildman–Crippen LogP) is 4.35. The summed E-state index contributed by atoms with van der Waals surface area (Å²) in [5.74, 6) is 1.48. The van der Waals surface area contributed by atoms with E-state index in [1.165, 1.54) is 11.8 Å². The molecular formula is C25H31N3O4S. The van der Waals surface area contributed by atoms with Crippen LogP contribution in [0.2, 0.25) is 0 Å². The summed E-state index contributed by atoms with van der Waals surface area (Å²) in [5, 5.41) is 1.19. The second-order valence-corrected chi connectivity index (χ2v) is 8.55. The number of hydrogen-bond acceptors (Lipinski definition) is 6. The van der Waals surface area contributed by atoms with E-state index >= 15 is 0 Å². The van der Waals surface area contributed by atoms with E-state index in [0.29, 0.717) is 47.2 Å². The Morgan fingerprint density at radius 1 is 1.09 bits per heavy atom. The Hall–Kier alpha value is -3.00. The number of fused-ring (bicyclic) bond motifs is 1. The van der Waals surface area contributed by atoms with E-state index in [1.807, 2.05) is 43.3 Å². The number of ether oxygens (including phenoxy) is 2. The Kier molecular flexibility index (Phi) is 8.77. The van der Waals surface area contributed by atoms with Gasteiger partial charge < -0.3 is 14.4 Å². The maximum atomic E-state index is 13.0. The van der Waals surface area contributed by atoms with Gasteiger partial charge in [-0.25, -0.2) is 4.98 Å². The van der Waals surface area contributed by atoms with Gasteiger partial charge in [0.1, 0.15) is 0 Å². The molecule has 176 valence electrons. The van der Waals surface area contributed by atoms with Crippen molar-refractivity contribution in [2.24, 2.45) is 0 Å². The minimum Gasteiger partial charge on any atom is -0.493 e. The third-order valence-electron chi connectivity index (χ3n) is 5.44. The summed E-state index contributed by atoms with van der Waals surface area (Å²) < 4.78 is 12.4. The number of para-hydroxylation sites is 1. The Morgan fingerprint density at radius 3 is 2.55 bits per heavy atom. The quantitative estimate of drug-likeness (QED) is 0.307. The van der Waals surface area contributed by atoms with Gasteiger partial charge in [0, 0.05) is 19.6 Å². The molecule has 0 aliphatic rings. The molecule has 0 saturated carbocycles. The van der Waals surface area contributed by atoms with Gasteiger partial charge in [0.05, 0.1) is 30.9 Å². The van der Waals surface area contributed by atoms with E-state index < -0.39 is 0 Å². The van der Waals surface area contributed by atoms with Gasteiger partial charge in [-0.15, -0.1) is 0 Å². The lowest BCUT2D eigenvalue weighted by atomic mass is 10.2. The first-order valence-electron chi connectivity index (χ1n) is 11.1. The summed E-state index contributed by atoms with van der Waals surface area (Å²) in [6.45, 7) is 5.66. The highest BCUT2D eigenvalue weighted by Gasteiger charge is 2.17. The standard InChI is InChI=1S/C25H31N3O4S/c1-5-7-14-28-24(30)19-10-8-9-11-20(19)26-25(28)33-17-23(29)27(6-2)16-18-12-13-21(31-3)22(15-18)32-4/h8-13,15H,5-7,14,16-17H2,1-4H3. The second kappa shape index (κ2) is 11.7. The zero-order chi connectivity index (χ0) is 23.8. The molecule has 3 rings (SSSR count). The van der Waals surface area contributed by atoms with Crippen LogP contribution in [0.3, 0.4) is 0 Å². The number of aromatic nitrogens is 2. The van der Waals surface area contributed by atoms with Crippen molar-refractivity contribution in [1.29, 1.82) is 0 Å². The normalized spacial score (nSPS) is 10.9. The molecular weight excluding hydrogens is 438 g/mol. The third kappa shape index (κ3) is 5.87. The molecule has 1 amide bonds. The van der Waals surface area contributed by atoms with Crippen LogP contribution in [0.5, 0.6) is 11.5 Å². The zero-order valence-electron chi connectivity index (χ0n) is 19.7. The molecule has 0 unspecified atom stereocenters. The Labute approximate surface area is 198 Å².